The molecule has 0 aliphatic rings. The average Bonchev–Trinajstić information content (AvgIpc) is 2.33. The van der Waals surface area contributed by atoms with E-state index in [4.69, 9.17) is 11.5 Å². The molecule has 0 fully saturated rings. The van der Waals surface area contributed by atoms with E-state index in [1.54, 1.807) is 12.1 Å². The van der Waals surface area contributed by atoms with Gasteiger partial charge in [-0.1, -0.05) is 18.2 Å². The zero-order valence-electron chi connectivity index (χ0n) is 9.01. The summed E-state index contributed by atoms with van der Waals surface area (Å²) in [6.45, 7) is 0. The monoisotopic (exact) mass is 231 g/mol. The fraction of sp³-hybridized carbons (Fsp3) is 0. The van der Waals surface area contributed by atoms with Gasteiger partial charge in [-0.2, -0.15) is 0 Å². The Morgan fingerprint density at radius 3 is 1.94 bits per heavy atom. The number of aromatic hydroxyl groups is 2. The number of benzene rings is 2. The van der Waals surface area contributed by atoms with Gasteiger partial charge in [-0.3, -0.25) is 0 Å². The minimum Gasteiger partial charge on any atom is -0.504 e. The number of rotatable bonds is 2. The van der Waals surface area contributed by atoms with Crippen LogP contribution in [0.3, 0.4) is 0 Å². The van der Waals surface area contributed by atoms with Crippen LogP contribution in [-0.2, 0) is 0 Å². The molecule has 5 heteroatoms. The molecular formula is C12H13N3O2. The van der Waals surface area contributed by atoms with E-state index in [9.17, 15) is 10.2 Å². The molecule has 2 rings (SSSR count). The summed E-state index contributed by atoms with van der Waals surface area (Å²) in [5.74, 6) is -0.443. The van der Waals surface area contributed by atoms with Crippen LogP contribution < -0.4 is 16.8 Å². The number of nitrogen functional groups attached to an aromatic ring is 2. The highest BCUT2D eigenvalue weighted by Gasteiger charge is 2.14. The molecule has 2 aromatic rings. The summed E-state index contributed by atoms with van der Waals surface area (Å²) in [5, 5.41) is 22.4. The summed E-state index contributed by atoms with van der Waals surface area (Å²) in [7, 11) is 0. The first-order valence-electron chi connectivity index (χ1n) is 5.01. The second kappa shape index (κ2) is 4.13. The second-order valence-corrected chi connectivity index (χ2v) is 3.62. The Morgan fingerprint density at radius 1 is 0.882 bits per heavy atom. The van der Waals surface area contributed by atoms with Crippen molar-refractivity contribution in [2.24, 2.45) is 0 Å². The summed E-state index contributed by atoms with van der Waals surface area (Å²) in [6, 6.07) is 10.4. The van der Waals surface area contributed by atoms with Crippen LogP contribution in [0.1, 0.15) is 0 Å². The Morgan fingerprint density at radius 2 is 1.41 bits per heavy atom. The number of phenols is 2. The fourth-order valence-corrected chi connectivity index (χ4v) is 1.49. The van der Waals surface area contributed by atoms with Gasteiger partial charge in [0, 0.05) is 5.69 Å². The molecule has 0 atom stereocenters. The SMILES string of the molecule is Nc1cc(N)c(O)c(Nc2ccccc2)c1O. The van der Waals surface area contributed by atoms with E-state index in [-0.39, 0.29) is 28.6 Å². The smallest absolute Gasteiger partial charge is 0.166 e. The number of phenolic OH excluding ortho intramolecular Hbond substituents is 2. The van der Waals surface area contributed by atoms with Gasteiger partial charge in [-0.15, -0.1) is 0 Å². The molecule has 0 aliphatic heterocycles. The third kappa shape index (κ3) is 2.03. The van der Waals surface area contributed by atoms with Crippen LogP contribution >= 0.6 is 0 Å². The molecule has 0 bridgehead atoms. The van der Waals surface area contributed by atoms with Crippen molar-refractivity contribution >= 4 is 22.7 Å². The molecule has 0 amide bonds. The number of para-hydroxylation sites is 1. The van der Waals surface area contributed by atoms with Crippen molar-refractivity contribution in [3.05, 3.63) is 36.4 Å². The summed E-state index contributed by atoms with van der Waals surface area (Å²) in [6.07, 6.45) is 0. The van der Waals surface area contributed by atoms with Crippen molar-refractivity contribution in [2.45, 2.75) is 0 Å². The van der Waals surface area contributed by atoms with Gasteiger partial charge in [0.25, 0.3) is 0 Å². The quantitative estimate of drug-likeness (QED) is 0.309. The Hall–Kier alpha value is -2.56. The number of nitrogens with two attached hydrogens (primary N) is 2. The van der Waals surface area contributed by atoms with Crippen molar-refractivity contribution in [1.29, 1.82) is 0 Å². The zero-order chi connectivity index (χ0) is 12.4. The highest BCUT2D eigenvalue weighted by atomic mass is 16.3. The molecule has 0 radical (unpaired) electrons. The molecule has 5 nitrogen and oxygen atoms in total. The van der Waals surface area contributed by atoms with Crippen LogP contribution in [0.4, 0.5) is 22.7 Å². The maximum absolute atomic E-state index is 9.76. The molecule has 2 aromatic carbocycles. The molecule has 0 spiro atoms. The molecule has 17 heavy (non-hydrogen) atoms. The van der Waals surface area contributed by atoms with Crippen LogP contribution in [0, 0.1) is 0 Å². The summed E-state index contributed by atoms with van der Waals surface area (Å²) in [4.78, 5) is 0. The van der Waals surface area contributed by atoms with Gasteiger partial charge in [0.1, 0.15) is 5.69 Å². The van der Waals surface area contributed by atoms with E-state index in [1.165, 1.54) is 6.07 Å². The average molecular weight is 231 g/mol. The van der Waals surface area contributed by atoms with Crippen molar-refractivity contribution in [3.63, 3.8) is 0 Å². The lowest BCUT2D eigenvalue weighted by atomic mass is 10.2. The first kappa shape index (κ1) is 10.9. The molecule has 0 aromatic heterocycles. The predicted octanol–water partition coefficient (Wildman–Crippen LogP) is 2.01. The number of nitrogens with one attached hydrogen (secondary N) is 1. The Balaban J connectivity index is 2.46. The van der Waals surface area contributed by atoms with Crippen molar-refractivity contribution < 1.29 is 10.2 Å². The van der Waals surface area contributed by atoms with Crippen LogP contribution in [0.2, 0.25) is 0 Å². The van der Waals surface area contributed by atoms with Gasteiger partial charge >= 0.3 is 0 Å². The Bertz CT molecular complexity index is 515. The van der Waals surface area contributed by atoms with Gasteiger partial charge in [-0.05, 0) is 18.2 Å². The van der Waals surface area contributed by atoms with Crippen LogP contribution in [0.25, 0.3) is 0 Å². The lowest BCUT2D eigenvalue weighted by Crippen LogP contribution is -1.98. The van der Waals surface area contributed by atoms with Crippen molar-refractivity contribution in [2.75, 3.05) is 16.8 Å². The van der Waals surface area contributed by atoms with Crippen LogP contribution in [-0.4, -0.2) is 10.2 Å². The van der Waals surface area contributed by atoms with E-state index < -0.39 is 0 Å². The lowest BCUT2D eigenvalue weighted by molar-refractivity contribution is 0.458. The normalized spacial score (nSPS) is 10.1. The lowest BCUT2D eigenvalue weighted by Gasteiger charge is -2.13. The van der Waals surface area contributed by atoms with E-state index in [0.717, 1.165) is 0 Å². The van der Waals surface area contributed by atoms with Crippen molar-refractivity contribution in [1.82, 2.24) is 0 Å². The number of anilines is 4. The second-order valence-electron chi connectivity index (χ2n) is 3.62. The minimum atomic E-state index is -0.222. The minimum absolute atomic E-state index is 0.105. The summed E-state index contributed by atoms with van der Waals surface area (Å²) < 4.78 is 0. The van der Waals surface area contributed by atoms with Gasteiger partial charge in [0.2, 0.25) is 0 Å². The van der Waals surface area contributed by atoms with E-state index in [1.807, 2.05) is 18.2 Å². The topological polar surface area (TPSA) is 105 Å². The maximum atomic E-state index is 9.76. The number of hydrogen-bond donors (Lipinski definition) is 5. The molecule has 7 N–H and O–H groups in total. The standard InChI is InChI=1S/C12H13N3O2/c13-8-6-9(14)12(17)10(11(8)16)15-7-4-2-1-3-5-7/h1-6,15-17H,13-14H2. The van der Waals surface area contributed by atoms with E-state index >= 15 is 0 Å². The molecule has 0 heterocycles. The van der Waals surface area contributed by atoms with E-state index in [0.29, 0.717) is 5.69 Å². The Labute approximate surface area is 98.3 Å². The maximum Gasteiger partial charge on any atom is 0.166 e. The van der Waals surface area contributed by atoms with Gasteiger partial charge in [-0.25, -0.2) is 0 Å². The van der Waals surface area contributed by atoms with E-state index in [2.05, 4.69) is 5.32 Å². The highest BCUT2D eigenvalue weighted by molar-refractivity contribution is 5.85. The summed E-state index contributed by atoms with van der Waals surface area (Å²) in [5.41, 5.74) is 12.2. The largest absolute Gasteiger partial charge is 0.504 e. The predicted molar refractivity (Wildman–Crippen MR) is 68.3 cm³/mol. The number of hydrogen-bond acceptors (Lipinski definition) is 5. The van der Waals surface area contributed by atoms with Crippen LogP contribution in [0.15, 0.2) is 36.4 Å². The molecular weight excluding hydrogens is 218 g/mol. The van der Waals surface area contributed by atoms with Gasteiger partial charge in [0.15, 0.2) is 11.5 Å². The molecule has 0 saturated carbocycles. The van der Waals surface area contributed by atoms with Crippen LogP contribution in [0.5, 0.6) is 11.5 Å². The van der Waals surface area contributed by atoms with Gasteiger partial charge < -0.3 is 27.0 Å². The molecule has 0 saturated heterocycles. The Kier molecular flexibility index (Phi) is 2.66. The first-order valence-corrected chi connectivity index (χ1v) is 5.01. The first-order chi connectivity index (χ1) is 8.09. The van der Waals surface area contributed by atoms with Gasteiger partial charge in [0.05, 0.1) is 11.4 Å². The fourth-order valence-electron chi connectivity index (χ4n) is 1.49. The zero-order valence-corrected chi connectivity index (χ0v) is 9.01. The third-order valence-electron chi connectivity index (χ3n) is 2.37. The summed E-state index contributed by atoms with van der Waals surface area (Å²) >= 11 is 0. The molecule has 0 unspecified atom stereocenters. The molecule has 88 valence electrons. The molecule has 0 aliphatic carbocycles. The van der Waals surface area contributed by atoms with Crippen molar-refractivity contribution in [3.8, 4) is 11.5 Å². The third-order valence-corrected chi connectivity index (χ3v) is 2.37. The highest BCUT2D eigenvalue weighted by Crippen LogP contribution is 2.43.